The minimum atomic E-state index is -4.58. The number of alkyl halides is 3. The Morgan fingerprint density at radius 2 is 1.71 bits per heavy atom. The number of halogens is 3. The summed E-state index contributed by atoms with van der Waals surface area (Å²) in [6.45, 7) is 3.28. The molecule has 1 fully saturated rings. The number of rotatable bonds is 7. The van der Waals surface area contributed by atoms with Crippen molar-refractivity contribution in [2.75, 3.05) is 30.7 Å². The summed E-state index contributed by atoms with van der Waals surface area (Å²) in [5.74, 6) is -0.223. The van der Waals surface area contributed by atoms with E-state index in [0.29, 0.717) is 60.9 Å². The van der Waals surface area contributed by atoms with Gasteiger partial charge in [0.05, 0.1) is 29.3 Å². The Hall–Kier alpha value is -4.67. The number of carbonyl (C=O) groups is 2. The van der Waals surface area contributed by atoms with E-state index in [9.17, 15) is 22.8 Å². The van der Waals surface area contributed by atoms with Crippen molar-refractivity contribution in [1.82, 2.24) is 14.9 Å². The number of nitrogens with zero attached hydrogens (tertiary/aromatic N) is 3. The third kappa shape index (κ3) is 6.29. The molecule has 2 heterocycles. The Morgan fingerprint density at radius 3 is 2.36 bits per heavy atom. The molecule has 42 heavy (non-hydrogen) atoms. The van der Waals surface area contributed by atoms with Crippen molar-refractivity contribution >= 4 is 40.1 Å². The smallest absolute Gasteiger partial charge is 0.416 e. The highest BCUT2D eigenvalue weighted by Crippen LogP contribution is 2.36. The normalized spacial score (nSPS) is 14.1. The first kappa shape index (κ1) is 28.8. The molecule has 0 unspecified atom stereocenters. The number of likely N-dealkylation sites (tertiary alicyclic amines) is 1. The number of esters is 1. The van der Waals surface area contributed by atoms with Crippen LogP contribution in [0.3, 0.4) is 0 Å². The molecule has 0 aliphatic carbocycles. The van der Waals surface area contributed by atoms with Crippen molar-refractivity contribution in [3.63, 3.8) is 0 Å². The quantitative estimate of drug-likeness (QED) is 0.192. The Morgan fingerprint density at radius 1 is 1.02 bits per heavy atom. The molecule has 3 N–H and O–H groups in total. The molecule has 218 valence electrons. The minimum Gasteiger partial charge on any atom is -0.465 e. The molecule has 11 heteroatoms. The molecule has 3 aromatic carbocycles. The number of piperidine rings is 1. The molecule has 5 rings (SSSR count). The fourth-order valence-corrected chi connectivity index (χ4v) is 4.89. The molecule has 1 amide bonds. The second-order valence-electron chi connectivity index (χ2n) is 10.2. The summed E-state index contributed by atoms with van der Waals surface area (Å²) in [5, 5.41) is 3.19. The van der Waals surface area contributed by atoms with Crippen molar-refractivity contribution in [3.8, 4) is 11.3 Å². The maximum absolute atomic E-state index is 13.4. The van der Waals surface area contributed by atoms with Crippen molar-refractivity contribution in [2.24, 2.45) is 5.92 Å². The first-order valence-corrected chi connectivity index (χ1v) is 13.7. The van der Waals surface area contributed by atoms with Crippen LogP contribution in [0.1, 0.15) is 42.1 Å². The van der Waals surface area contributed by atoms with E-state index in [-0.39, 0.29) is 34.5 Å². The molecule has 0 atom stereocenters. The molecule has 0 saturated carbocycles. The molecule has 0 radical (unpaired) electrons. The molecule has 1 saturated heterocycles. The molecule has 0 spiro atoms. The summed E-state index contributed by atoms with van der Waals surface area (Å²) < 4.78 is 45.5. The van der Waals surface area contributed by atoms with Crippen molar-refractivity contribution < 1.29 is 27.5 Å². The van der Waals surface area contributed by atoms with Gasteiger partial charge in [-0.3, -0.25) is 9.59 Å². The summed E-state index contributed by atoms with van der Waals surface area (Å²) in [6, 6.07) is 17.6. The molecule has 8 nitrogen and oxygen atoms in total. The minimum absolute atomic E-state index is 0.0232. The number of nitrogens with two attached hydrogens (primary N) is 1. The van der Waals surface area contributed by atoms with Gasteiger partial charge in [-0.25, -0.2) is 9.97 Å². The van der Waals surface area contributed by atoms with Gasteiger partial charge in [-0.15, -0.1) is 0 Å². The van der Waals surface area contributed by atoms with Gasteiger partial charge in [-0.2, -0.15) is 13.2 Å². The lowest BCUT2D eigenvalue weighted by molar-refractivity contribution is -0.150. The predicted octanol–water partition coefficient (Wildman–Crippen LogP) is 6.45. The summed E-state index contributed by atoms with van der Waals surface area (Å²) in [4.78, 5) is 36.1. The van der Waals surface area contributed by atoms with Gasteiger partial charge < -0.3 is 20.7 Å². The van der Waals surface area contributed by atoms with E-state index in [0.717, 1.165) is 18.6 Å². The predicted molar refractivity (Wildman–Crippen MR) is 154 cm³/mol. The average molecular weight is 578 g/mol. The van der Waals surface area contributed by atoms with Crippen LogP contribution < -0.4 is 11.1 Å². The van der Waals surface area contributed by atoms with Crippen LogP contribution in [0.5, 0.6) is 0 Å². The van der Waals surface area contributed by atoms with Crippen LogP contribution >= 0.6 is 0 Å². The zero-order chi connectivity index (χ0) is 29.9. The fraction of sp³-hybridized carbons (Fsp3) is 0.290. The average Bonchev–Trinajstić information content (AvgIpc) is 3.00. The molecule has 4 aromatic rings. The third-order valence-corrected chi connectivity index (χ3v) is 7.13. The summed E-state index contributed by atoms with van der Waals surface area (Å²) in [6.07, 6.45) is -2.69. The van der Waals surface area contributed by atoms with Gasteiger partial charge in [-0.05, 0) is 55.7 Å². The van der Waals surface area contributed by atoms with E-state index in [4.69, 9.17) is 10.5 Å². The number of ether oxygens (including phenoxy) is 1. The Bertz CT molecular complexity index is 1590. The first-order valence-electron chi connectivity index (χ1n) is 13.7. The number of fused-ring (bicyclic) bond motifs is 1. The SMILES string of the molecule is CCCOC(=O)C1CCN(C(=O)c2ccc(Nc3nc4c(N)cc(C(F)(F)F)cc4nc3-c3ccccc3)cc2)CC1. The summed E-state index contributed by atoms with van der Waals surface area (Å²) >= 11 is 0. The monoisotopic (exact) mass is 577 g/mol. The van der Waals surface area contributed by atoms with Gasteiger partial charge >= 0.3 is 12.1 Å². The number of hydrogen-bond acceptors (Lipinski definition) is 7. The van der Waals surface area contributed by atoms with Crippen LogP contribution in [0.25, 0.3) is 22.3 Å². The van der Waals surface area contributed by atoms with Crippen LogP contribution in [0.4, 0.5) is 30.4 Å². The highest BCUT2D eigenvalue weighted by atomic mass is 19.4. The van der Waals surface area contributed by atoms with Crippen molar-refractivity contribution in [1.29, 1.82) is 0 Å². The molecule has 1 aliphatic rings. The zero-order valence-electron chi connectivity index (χ0n) is 22.9. The van der Waals surface area contributed by atoms with Gasteiger partial charge in [0, 0.05) is 29.9 Å². The number of carbonyl (C=O) groups excluding carboxylic acids is 2. The molecule has 1 aromatic heterocycles. The van der Waals surface area contributed by atoms with Crippen LogP contribution in [-0.4, -0.2) is 46.4 Å². The second-order valence-corrected chi connectivity index (χ2v) is 10.2. The lowest BCUT2D eigenvalue weighted by atomic mass is 9.96. The standard InChI is InChI=1S/C31H30F3N5O3/c1-2-16-42-30(41)21-12-14-39(15-13-21)29(40)20-8-10-23(11-9-20)36-28-26(19-6-4-3-5-7-19)37-25-18-22(31(32,33)34)17-24(35)27(25)38-28/h3-11,17-18,21H,2,12-16,35H2,1H3,(H,36,38). The topological polar surface area (TPSA) is 110 Å². The number of amides is 1. The molecule has 0 bridgehead atoms. The van der Waals surface area contributed by atoms with Gasteiger partial charge in [-0.1, -0.05) is 37.3 Å². The van der Waals surface area contributed by atoms with E-state index in [1.165, 1.54) is 0 Å². The van der Waals surface area contributed by atoms with E-state index in [1.54, 1.807) is 53.4 Å². The molecule has 1 aliphatic heterocycles. The Balaban J connectivity index is 1.37. The Labute approximate surface area is 240 Å². The number of nitrogen functional groups attached to an aromatic ring is 1. The lowest BCUT2D eigenvalue weighted by Crippen LogP contribution is -2.40. The lowest BCUT2D eigenvalue weighted by Gasteiger charge is -2.31. The number of aromatic nitrogens is 2. The number of benzene rings is 3. The van der Waals surface area contributed by atoms with Crippen LogP contribution in [0, 0.1) is 5.92 Å². The maximum Gasteiger partial charge on any atom is 0.416 e. The van der Waals surface area contributed by atoms with Crippen LogP contribution in [0.2, 0.25) is 0 Å². The summed E-state index contributed by atoms with van der Waals surface area (Å²) in [7, 11) is 0. The van der Waals surface area contributed by atoms with Crippen LogP contribution in [-0.2, 0) is 15.7 Å². The first-order chi connectivity index (χ1) is 20.1. The number of hydrogen-bond donors (Lipinski definition) is 2. The van der Waals surface area contributed by atoms with Gasteiger partial charge in [0.2, 0.25) is 0 Å². The van der Waals surface area contributed by atoms with Gasteiger partial charge in [0.15, 0.2) is 5.82 Å². The van der Waals surface area contributed by atoms with Crippen molar-refractivity contribution in [2.45, 2.75) is 32.4 Å². The van der Waals surface area contributed by atoms with Crippen LogP contribution in [0.15, 0.2) is 66.7 Å². The fourth-order valence-electron chi connectivity index (χ4n) is 4.89. The third-order valence-electron chi connectivity index (χ3n) is 7.13. The van der Waals surface area contributed by atoms with E-state index < -0.39 is 11.7 Å². The Kier molecular flexibility index (Phi) is 8.28. The molecular weight excluding hydrogens is 547 g/mol. The van der Waals surface area contributed by atoms with Gasteiger partial charge in [0.1, 0.15) is 11.2 Å². The van der Waals surface area contributed by atoms with E-state index in [1.807, 2.05) is 13.0 Å². The molecular formula is C31H30F3N5O3. The largest absolute Gasteiger partial charge is 0.465 e. The maximum atomic E-state index is 13.4. The second kappa shape index (κ2) is 12.1. The highest BCUT2D eigenvalue weighted by molar-refractivity contribution is 5.95. The van der Waals surface area contributed by atoms with E-state index >= 15 is 0 Å². The highest BCUT2D eigenvalue weighted by Gasteiger charge is 2.32. The number of anilines is 3. The summed E-state index contributed by atoms with van der Waals surface area (Å²) in [5.41, 5.74) is 7.19. The zero-order valence-corrected chi connectivity index (χ0v) is 22.9. The van der Waals surface area contributed by atoms with Crippen molar-refractivity contribution in [3.05, 3.63) is 77.9 Å². The number of nitrogens with one attached hydrogen (secondary N) is 1. The van der Waals surface area contributed by atoms with Gasteiger partial charge in [0.25, 0.3) is 5.91 Å². The van der Waals surface area contributed by atoms with E-state index in [2.05, 4.69) is 15.3 Å².